The fourth-order valence-electron chi connectivity index (χ4n) is 2.74. The number of carbonyl (C=O) groups is 2. The Bertz CT molecular complexity index is 722. The lowest BCUT2D eigenvalue weighted by atomic mass is 10.0. The predicted molar refractivity (Wildman–Crippen MR) is 98.9 cm³/mol. The van der Waals surface area contributed by atoms with E-state index in [0.29, 0.717) is 12.2 Å². The maximum Gasteiger partial charge on any atom is 0.220 e. The third-order valence-corrected chi connectivity index (χ3v) is 4.10. The molecule has 0 saturated carbocycles. The van der Waals surface area contributed by atoms with Crippen molar-refractivity contribution in [3.05, 3.63) is 65.2 Å². The number of Topliss-reactive ketones (excluding diaryl/α,β-unsaturated/α-hetero) is 1. The lowest BCUT2D eigenvalue weighted by Crippen LogP contribution is -2.27. The Labute approximate surface area is 149 Å². The van der Waals surface area contributed by atoms with Gasteiger partial charge in [-0.25, -0.2) is 0 Å². The van der Waals surface area contributed by atoms with E-state index in [1.165, 1.54) is 0 Å². The molecule has 132 valence electrons. The number of hydrogen-bond donors (Lipinski definition) is 1. The highest BCUT2D eigenvalue weighted by atomic mass is 16.5. The van der Waals surface area contributed by atoms with Crippen LogP contribution in [0.2, 0.25) is 0 Å². The first-order chi connectivity index (χ1) is 12.0. The number of amides is 1. The fraction of sp³-hybridized carbons (Fsp3) is 0.333. The van der Waals surface area contributed by atoms with Gasteiger partial charge in [0.15, 0.2) is 5.78 Å². The molecular formula is C21H25NO3. The van der Waals surface area contributed by atoms with Gasteiger partial charge >= 0.3 is 0 Å². The van der Waals surface area contributed by atoms with Gasteiger partial charge in [-0.1, -0.05) is 24.3 Å². The number of benzene rings is 2. The van der Waals surface area contributed by atoms with E-state index in [1.54, 1.807) is 24.3 Å². The van der Waals surface area contributed by atoms with Crippen LogP contribution in [0, 0.1) is 6.92 Å². The maximum atomic E-state index is 12.2. The number of rotatable bonds is 8. The standard InChI is InChI=1S/C21H25NO3/c1-4-25-18-11-9-17(10-12-18)20(23)13-14-21(24)22-16(3)19-8-6-5-7-15(19)2/h5-12,16H,4,13-14H2,1-3H3,(H,22,24). The van der Waals surface area contributed by atoms with E-state index in [1.807, 2.05) is 45.0 Å². The van der Waals surface area contributed by atoms with Crippen molar-refractivity contribution < 1.29 is 14.3 Å². The van der Waals surface area contributed by atoms with E-state index in [0.717, 1.165) is 16.9 Å². The largest absolute Gasteiger partial charge is 0.494 e. The highest BCUT2D eigenvalue weighted by Crippen LogP contribution is 2.17. The van der Waals surface area contributed by atoms with Crippen LogP contribution in [-0.2, 0) is 4.79 Å². The molecule has 1 amide bonds. The Hall–Kier alpha value is -2.62. The van der Waals surface area contributed by atoms with Gasteiger partial charge in [0.1, 0.15) is 5.75 Å². The summed E-state index contributed by atoms with van der Waals surface area (Å²) < 4.78 is 5.36. The monoisotopic (exact) mass is 339 g/mol. The van der Waals surface area contributed by atoms with Gasteiger partial charge in [-0.05, 0) is 56.2 Å². The van der Waals surface area contributed by atoms with Crippen LogP contribution >= 0.6 is 0 Å². The van der Waals surface area contributed by atoms with Gasteiger partial charge in [0.25, 0.3) is 0 Å². The van der Waals surface area contributed by atoms with Gasteiger partial charge in [0.2, 0.25) is 5.91 Å². The average Bonchev–Trinajstić information content (AvgIpc) is 2.61. The SMILES string of the molecule is CCOc1ccc(C(=O)CCC(=O)NC(C)c2ccccc2C)cc1. The van der Waals surface area contributed by atoms with Gasteiger partial charge in [-0.2, -0.15) is 0 Å². The van der Waals surface area contributed by atoms with Gasteiger partial charge in [0, 0.05) is 18.4 Å². The van der Waals surface area contributed by atoms with Crippen molar-refractivity contribution in [2.75, 3.05) is 6.61 Å². The molecule has 0 radical (unpaired) electrons. The second-order valence-corrected chi connectivity index (χ2v) is 6.03. The maximum absolute atomic E-state index is 12.2. The van der Waals surface area contributed by atoms with Crippen LogP contribution in [0.15, 0.2) is 48.5 Å². The van der Waals surface area contributed by atoms with Crippen LogP contribution in [0.3, 0.4) is 0 Å². The van der Waals surface area contributed by atoms with Gasteiger partial charge in [-0.3, -0.25) is 9.59 Å². The number of hydrogen-bond acceptors (Lipinski definition) is 3. The van der Waals surface area contributed by atoms with Crippen LogP contribution in [0.1, 0.15) is 54.2 Å². The van der Waals surface area contributed by atoms with E-state index in [-0.39, 0.29) is 30.6 Å². The minimum Gasteiger partial charge on any atom is -0.494 e. The number of ether oxygens (including phenoxy) is 1. The zero-order chi connectivity index (χ0) is 18.2. The molecule has 0 fully saturated rings. The molecule has 0 aliphatic heterocycles. The van der Waals surface area contributed by atoms with Gasteiger partial charge in [0.05, 0.1) is 12.6 Å². The molecule has 0 heterocycles. The van der Waals surface area contributed by atoms with Crippen molar-refractivity contribution in [2.24, 2.45) is 0 Å². The lowest BCUT2D eigenvalue weighted by Gasteiger charge is -2.16. The smallest absolute Gasteiger partial charge is 0.220 e. The van der Waals surface area contributed by atoms with Crippen LogP contribution in [-0.4, -0.2) is 18.3 Å². The third-order valence-electron chi connectivity index (χ3n) is 4.10. The van der Waals surface area contributed by atoms with Crippen LogP contribution in [0.25, 0.3) is 0 Å². The normalized spacial score (nSPS) is 11.6. The zero-order valence-corrected chi connectivity index (χ0v) is 15.0. The number of carbonyl (C=O) groups excluding carboxylic acids is 2. The molecule has 1 N–H and O–H groups in total. The van der Waals surface area contributed by atoms with Crippen molar-refractivity contribution in [1.82, 2.24) is 5.32 Å². The predicted octanol–water partition coefficient (Wildman–Crippen LogP) is 4.23. The van der Waals surface area contributed by atoms with Crippen molar-refractivity contribution in [1.29, 1.82) is 0 Å². The summed E-state index contributed by atoms with van der Waals surface area (Å²) in [6.45, 7) is 6.48. The van der Waals surface area contributed by atoms with Gasteiger partial charge < -0.3 is 10.1 Å². The average molecular weight is 339 g/mol. The molecule has 0 bridgehead atoms. The Balaban J connectivity index is 1.84. The minimum atomic E-state index is -0.116. The molecule has 2 rings (SSSR count). The molecule has 4 nitrogen and oxygen atoms in total. The summed E-state index contributed by atoms with van der Waals surface area (Å²) >= 11 is 0. The van der Waals surface area contributed by atoms with E-state index in [4.69, 9.17) is 4.74 Å². The molecule has 0 saturated heterocycles. The molecule has 1 atom stereocenters. The Morgan fingerprint density at radius 1 is 1.04 bits per heavy atom. The molecule has 1 unspecified atom stereocenters. The van der Waals surface area contributed by atoms with Crippen LogP contribution < -0.4 is 10.1 Å². The summed E-state index contributed by atoms with van der Waals surface area (Å²) in [5, 5.41) is 2.96. The molecule has 0 aliphatic carbocycles. The van der Waals surface area contributed by atoms with Crippen LogP contribution in [0.5, 0.6) is 5.75 Å². The highest BCUT2D eigenvalue weighted by Gasteiger charge is 2.13. The van der Waals surface area contributed by atoms with Crippen LogP contribution in [0.4, 0.5) is 0 Å². The molecule has 2 aromatic carbocycles. The fourth-order valence-corrected chi connectivity index (χ4v) is 2.74. The van der Waals surface area contributed by atoms with Crippen molar-refractivity contribution in [3.8, 4) is 5.75 Å². The second-order valence-electron chi connectivity index (χ2n) is 6.03. The summed E-state index contributed by atoms with van der Waals surface area (Å²) in [5.74, 6) is 0.584. The number of nitrogens with one attached hydrogen (secondary N) is 1. The van der Waals surface area contributed by atoms with Crippen molar-refractivity contribution in [3.63, 3.8) is 0 Å². The first kappa shape index (κ1) is 18.7. The Kier molecular flexibility index (Phi) is 6.75. The summed E-state index contributed by atoms with van der Waals surface area (Å²) in [4.78, 5) is 24.3. The number of ketones is 1. The van der Waals surface area contributed by atoms with E-state index in [2.05, 4.69) is 5.32 Å². The first-order valence-electron chi connectivity index (χ1n) is 8.62. The van der Waals surface area contributed by atoms with Crippen molar-refractivity contribution in [2.45, 2.75) is 39.7 Å². The molecule has 25 heavy (non-hydrogen) atoms. The summed E-state index contributed by atoms with van der Waals surface area (Å²) in [5.41, 5.74) is 2.83. The second kappa shape index (κ2) is 9.02. The molecule has 4 heteroatoms. The third kappa shape index (κ3) is 5.45. The quantitative estimate of drug-likeness (QED) is 0.732. The van der Waals surface area contributed by atoms with Crippen molar-refractivity contribution >= 4 is 11.7 Å². The summed E-state index contributed by atoms with van der Waals surface area (Å²) in [6.07, 6.45) is 0.378. The highest BCUT2D eigenvalue weighted by molar-refractivity contribution is 5.98. The number of aryl methyl sites for hydroxylation is 1. The molecule has 0 aromatic heterocycles. The van der Waals surface area contributed by atoms with Gasteiger partial charge in [-0.15, -0.1) is 0 Å². The lowest BCUT2D eigenvalue weighted by molar-refractivity contribution is -0.121. The molecule has 2 aromatic rings. The zero-order valence-electron chi connectivity index (χ0n) is 15.0. The summed E-state index contributed by atoms with van der Waals surface area (Å²) in [6, 6.07) is 14.9. The molecule has 0 aliphatic rings. The Morgan fingerprint density at radius 2 is 1.72 bits per heavy atom. The topological polar surface area (TPSA) is 55.4 Å². The minimum absolute atomic E-state index is 0.0401. The Morgan fingerprint density at radius 3 is 2.36 bits per heavy atom. The van der Waals surface area contributed by atoms with E-state index < -0.39 is 0 Å². The van der Waals surface area contributed by atoms with E-state index >= 15 is 0 Å². The summed E-state index contributed by atoms with van der Waals surface area (Å²) in [7, 11) is 0. The van der Waals surface area contributed by atoms with E-state index in [9.17, 15) is 9.59 Å². The molecule has 0 spiro atoms. The molecular weight excluding hydrogens is 314 g/mol. The first-order valence-corrected chi connectivity index (χ1v) is 8.62.